The van der Waals surface area contributed by atoms with Gasteiger partial charge >= 0.3 is 5.97 Å². The number of ether oxygens (including phenoxy) is 3. The van der Waals surface area contributed by atoms with Crippen LogP contribution in [0.25, 0.3) is 0 Å². The van der Waals surface area contributed by atoms with Crippen molar-refractivity contribution in [3.05, 3.63) is 11.6 Å². The Balaban J connectivity index is 2.62. The van der Waals surface area contributed by atoms with E-state index >= 15 is 0 Å². The summed E-state index contributed by atoms with van der Waals surface area (Å²) in [6.07, 6.45) is 1.47. The monoisotopic (exact) mass is 292 g/mol. The van der Waals surface area contributed by atoms with Gasteiger partial charge in [0.2, 0.25) is 0 Å². The number of alkyl halides is 1. The van der Waals surface area contributed by atoms with Crippen molar-refractivity contribution in [3.63, 3.8) is 0 Å². The Kier molecular flexibility index (Phi) is 6.01. The average molecular weight is 293 g/mol. The number of rotatable bonds is 5. The zero-order chi connectivity index (χ0) is 12.0. The zero-order valence-corrected chi connectivity index (χ0v) is 11.2. The smallest absolute Gasteiger partial charge is 0.335 e. The fourth-order valence-corrected chi connectivity index (χ4v) is 1.89. The molecular weight excluding hydrogens is 276 g/mol. The highest BCUT2D eigenvalue weighted by Gasteiger charge is 2.29. The summed E-state index contributed by atoms with van der Waals surface area (Å²) >= 11 is 3.37. The number of carbonyl (C=O) groups is 1. The molecule has 0 N–H and O–H groups in total. The van der Waals surface area contributed by atoms with Gasteiger partial charge < -0.3 is 14.2 Å². The molecule has 1 aliphatic rings. The van der Waals surface area contributed by atoms with Crippen LogP contribution in [0.2, 0.25) is 0 Å². The second-order valence-electron chi connectivity index (χ2n) is 3.36. The van der Waals surface area contributed by atoms with Crippen molar-refractivity contribution < 1.29 is 19.0 Å². The van der Waals surface area contributed by atoms with E-state index in [1.165, 1.54) is 0 Å². The molecule has 0 amide bonds. The summed E-state index contributed by atoms with van der Waals surface area (Å²) in [6.45, 7) is 4.58. The van der Waals surface area contributed by atoms with Gasteiger partial charge in [0.05, 0.1) is 6.61 Å². The minimum Gasteiger partial charge on any atom is -0.464 e. The topological polar surface area (TPSA) is 44.8 Å². The second kappa shape index (κ2) is 7.04. The quantitative estimate of drug-likeness (QED) is 0.442. The summed E-state index contributed by atoms with van der Waals surface area (Å²) in [5.74, 6) is -0.321. The molecule has 0 bridgehead atoms. The van der Waals surface area contributed by atoms with Crippen molar-refractivity contribution in [2.75, 3.05) is 18.5 Å². The molecule has 92 valence electrons. The normalized spacial score (nSPS) is 25.1. The van der Waals surface area contributed by atoms with E-state index in [1.807, 2.05) is 13.0 Å². The van der Waals surface area contributed by atoms with Gasteiger partial charge in [0.15, 0.2) is 12.4 Å². The van der Waals surface area contributed by atoms with E-state index in [2.05, 4.69) is 15.9 Å². The van der Waals surface area contributed by atoms with Crippen LogP contribution in [-0.4, -0.2) is 36.9 Å². The summed E-state index contributed by atoms with van der Waals surface area (Å²) < 4.78 is 15.8. The van der Waals surface area contributed by atoms with E-state index in [9.17, 15) is 4.79 Å². The Hall–Kier alpha value is -0.390. The minimum atomic E-state index is -0.547. The summed E-state index contributed by atoms with van der Waals surface area (Å²) in [7, 11) is 0. The molecule has 1 aliphatic heterocycles. The lowest BCUT2D eigenvalue weighted by atomic mass is 10.1. The SMILES string of the molecule is CCOC(=O)[C@@H]1CC(CBr)=C[C@@H](OCC)O1. The van der Waals surface area contributed by atoms with Gasteiger partial charge in [-0.25, -0.2) is 4.79 Å². The largest absolute Gasteiger partial charge is 0.464 e. The van der Waals surface area contributed by atoms with E-state index in [0.717, 1.165) is 10.9 Å². The van der Waals surface area contributed by atoms with Crippen LogP contribution in [0.3, 0.4) is 0 Å². The Morgan fingerprint density at radius 1 is 1.56 bits per heavy atom. The van der Waals surface area contributed by atoms with E-state index in [1.54, 1.807) is 6.92 Å². The van der Waals surface area contributed by atoms with Crippen LogP contribution in [-0.2, 0) is 19.0 Å². The van der Waals surface area contributed by atoms with Gasteiger partial charge in [-0.15, -0.1) is 0 Å². The fourth-order valence-electron chi connectivity index (χ4n) is 1.47. The molecular formula is C11H17BrO4. The molecule has 0 saturated carbocycles. The van der Waals surface area contributed by atoms with Gasteiger partial charge in [0, 0.05) is 18.4 Å². The van der Waals surface area contributed by atoms with E-state index in [-0.39, 0.29) is 5.97 Å². The summed E-state index contributed by atoms with van der Waals surface area (Å²) in [5.41, 5.74) is 1.10. The van der Waals surface area contributed by atoms with Gasteiger partial charge in [0.25, 0.3) is 0 Å². The predicted molar refractivity (Wildman–Crippen MR) is 63.4 cm³/mol. The van der Waals surface area contributed by atoms with Crippen molar-refractivity contribution in [3.8, 4) is 0 Å². The molecule has 5 heteroatoms. The van der Waals surface area contributed by atoms with Crippen molar-refractivity contribution in [1.82, 2.24) is 0 Å². The van der Waals surface area contributed by atoms with Gasteiger partial charge in [-0.3, -0.25) is 0 Å². The average Bonchev–Trinajstić information content (AvgIpc) is 2.29. The Morgan fingerprint density at radius 3 is 2.88 bits per heavy atom. The molecule has 2 atom stereocenters. The van der Waals surface area contributed by atoms with Gasteiger partial charge in [-0.2, -0.15) is 0 Å². The number of halogens is 1. The molecule has 0 unspecified atom stereocenters. The molecule has 0 saturated heterocycles. The molecule has 0 aromatic heterocycles. The van der Waals surface area contributed by atoms with Crippen molar-refractivity contribution in [2.45, 2.75) is 32.7 Å². The maximum absolute atomic E-state index is 11.6. The first kappa shape index (κ1) is 13.7. The first-order valence-corrected chi connectivity index (χ1v) is 6.52. The standard InChI is InChI=1S/C11H17BrO4/c1-3-14-10-6-8(7-12)5-9(16-10)11(13)15-4-2/h6,9-10H,3-5,7H2,1-2H3/t9-,10-/m0/s1. The summed E-state index contributed by atoms with van der Waals surface area (Å²) in [5, 5.41) is 0.718. The molecule has 1 rings (SSSR count). The Labute approximate surface area is 104 Å². The van der Waals surface area contributed by atoms with Crippen LogP contribution >= 0.6 is 15.9 Å². The summed E-state index contributed by atoms with van der Waals surface area (Å²) in [6, 6.07) is 0. The highest BCUT2D eigenvalue weighted by molar-refractivity contribution is 9.09. The highest BCUT2D eigenvalue weighted by Crippen LogP contribution is 2.22. The molecule has 0 aromatic carbocycles. The van der Waals surface area contributed by atoms with E-state index in [4.69, 9.17) is 14.2 Å². The first-order valence-electron chi connectivity index (χ1n) is 5.40. The molecule has 0 radical (unpaired) electrons. The maximum atomic E-state index is 11.6. The first-order chi connectivity index (χ1) is 7.71. The molecule has 1 heterocycles. The molecule has 0 aromatic rings. The number of esters is 1. The third-order valence-electron chi connectivity index (χ3n) is 2.17. The molecule has 16 heavy (non-hydrogen) atoms. The van der Waals surface area contributed by atoms with Crippen LogP contribution in [0.4, 0.5) is 0 Å². The highest BCUT2D eigenvalue weighted by atomic mass is 79.9. The third kappa shape index (κ3) is 3.88. The van der Waals surface area contributed by atoms with E-state index < -0.39 is 12.4 Å². The van der Waals surface area contributed by atoms with Gasteiger partial charge in [-0.05, 0) is 19.9 Å². The van der Waals surface area contributed by atoms with E-state index in [0.29, 0.717) is 19.6 Å². The molecule has 0 fully saturated rings. The Morgan fingerprint density at radius 2 is 2.31 bits per heavy atom. The minimum absolute atomic E-state index is 0.321. The third-order valence-corrected chi connectivity index (χ3v) is 2.89. The molecule has 0 aliphatic carbocycles. The predicted octanol–water partition coefficient (Wildman–Crippen LogP) is 2.02. The Bertz CT molecular complexity index is 265. The number of hydrogen-bond donors (Lipinski definition) is 0. The lowest BCUT2D eigenvalue weighted by molar-refractivity contribution is -0.182. The van der Waals surface area contributed by atoms with Crippen LogP contribution in [0.5, 0.6) is 0 Å². The van der Waals surface area contributed by atoms with Crippen molar-refractivity contribution >= 4 is 21.9 Å². The lowest BCUT2D eigenvalue weighted by Crippen LogP contribution is -2.35. The van der Waals surface area contributed by atoms with Crippen LogP contribution in [0.15, 0.2) is 11.6 Å². The van der Waals surface area contributed by atoms with Gasteiger partial charge in [-0.1, -0.05) is 21.5 Å². The van der Waals surface area contributed by atoms with Gasteiger partial charge in [0.1, 0.15) is 0 Å². The fraction of sp³-hybridized carbons (Fsp3) is 0.727. The van der Waals surface area contributed by atoms with Crippen molar-refractivity contribution in [1.29, 1.82) is 0 Å². The second-order valence-corrected chi connectivity index (χ2v) is 3.92. The van der Waals surface area contributed by atoms with Crippen LogP contribution in [0.1, 0.15) is 20.3 Å². The zero-order valence-electron chi connectivity index (χ0n) is 9.57. The number of hydrogen-bond acceptors (Lipinski definition) is 4. The lowest BCUT2D eigenvalue weighted by Gasteiger charge is -2.27. The molecule has 0 spiro atoms. The van der Waals surface area contributed by atoms with Crippen LogP contribution < -0.4 is 0 Å². The maximum Gasteiger partial charge on any atom is 0.335 e. The summed E-state index contributed by atoms with van der Waals surface area (Å²) in [4.78, 5) is 11.6. The van der Waals surface area contributed by atoms with Crippen molar-refractivity contribution in [2.24, 2.45) is 0 Å². The molecule has 4 nitrogen and oxygen atoms in total. The van der Waals surface area contributed by atoms with Crippen LogP contribution in [0, 0.1) is 0 Å². The number of carbonyl (C=O) groups excluding carboxylic acids is 1.